The van der Waals surface area contributed by atoms with Gasteiger partial charge < -0.3 is 0 Å². The van der Waals surface area contributed by atoms with Crippen molar-refractivity contribution >= 4 is 17.2 Å². The van der Waals surface area contributed by atoms with Crippen LogP contribution in [0.2, 0.25) is 0 Å². The van der Waals surface area contributed by atoms with E-state index in [0.29, 0.717) is 18.1 Å². The lowest BCUT2D eigenvalue weighted by atomic mass is 10.1. The van der Waals surface area contributed by atoms with Gasteiger partial charge in [-0.25, -0.2) is 10.5 Å². The molecule has 6 heteroatoms. The molecule has 0 bridgehead atoms. The van der Waals surface area contributed by atoms with Gasteiger partial charge in [0.1, 0.15) is 0 Å². The second-order valence-corrected chi connectivity index (χ2v) is 5.98. The number of nitrogens with zero attached hydrogens (tertiary/aromatic N) is 2. The number of aryl methyl sites for hydroxylation is 1. The highest BCUT2D eigenvalue weighted by Gasteiger charge is 2.07. The van der Waals surface area contributed by atoms with E-state index in [1.165, 1.54) is 12.1 Å². The van der Waals surface area contributed by atoms with Gasteiger partial charge in [-0.3, -0.25) is 15.0 Å². The van der Waals surface area contributed by atoms with Crippen LogP contribution < -0.4 is 5.48 Å². The van der Waals surface area contributed by atoms with E-state index in [0.717, 1.165) is 16.7 Å². The lowest BCUT2D eigenvalue weighted by Crippen LogP contribution is -2.24. The number of benzene rings is 3. The third kappa shape index (κ3) is 5.23. The molecule has 0 spiro atoms. The number of hydrogen-bond donors (Lipinski definition) is 1. The van der Waals surface area contributed by atoms with Gasteiger partial charge in [0.25, 0.3) is 5.69 Å². The summed E-state index contributed by atoms with van der Waals surface area (Å²) in [5.74, 6) is 0.528. The molecule has 27 heavy (non-hydrogen) atoms. The van der Waals surface area contributed by atoms with Crippen LogP contribution in [0.5, 0.6) is 0 Å². The number of aliphatic imine (C=N–C) groups is 1. The second-order valence-electron chi connectivity index (χ2n) is 5.98. The molecule has 0 fully saturated rings. The molecule has 0 radical (unpaired) electrons. The maximum atomic E-state index is 10.8. The smallest absolute Gasteiger partial charge is 0.269 e. The fraction of sp³-hybridized carbons (Fsp3) is 0.0952. The Morgan fingerprint density at radius 1 is 1.00 bits per heavy atom. The van der Waals surface area contributed by atoms with Gasteiger partial charge in [0.15, 0.2) is 5.84 Å². The van der Waals surface area contributed by atoms with Gasteiger partial charge in [0, 0.05) is 17.7 Å². The van der Waals surface area contributed by atoms with Gasteiger partial charge in [-0.1, -0.05) is 60.2 Å². The summed E-state index contributed by atoms with van der Waals surface area (Å²) in [6.45, 7) is 2.39. The zero-order valence-corrected chi connectivity index (χ0v) is 14.8. The van der Waals surface area contributed by atoms with Crippen molar-refractivity contribution in [2.24, 2.45) is 4.99 Å². The minimum absolute atomic E-state index is 0.0270. The number of rotatable bonds is 6. The Morgan fingerprint density at radius 2 is 1.67 bits per heavy atom. The normalized spacial score (nSPS) is 11.2. The van der Waals surface area contributed by atoms with Crippen LogP contribution in [-0.4, -0.2) is 10.8 Å². The van der Waals surface area contributed by atoms with Crippen molar-refractivity contribution < 1.29 is 9.76 Å². The van der Waals surface area contributed by atoms with Gasteiger partial charge in [-0.15, -0.1) is 0 Å². The third-order valence-electron chi connectivity index (χ3n) is 3.88. The van der Waals surface area contributed by atoms with E-state index >= 15 is 0 Å². The Bertz CT molecular complexity index is 921. The van der Waals surface area contributed by atoms with Crippen molar-refractivity contribution in [1.82, 2.24) is 5.48 Å². The van der Waals surface area contributed by atoms with E-state index in [1.807, 2.05) is 61.5 Å². The third-order valence-corrected chi connectivity index (χ3v) is 3.88. The van der Waals surface area contributed by atoms with Crippen molar-refractivity contribution in [2.45, 2.75) is 13.5 Å². The highest BCUT2D eigenvalue weighted by molar-refractivity contribution is 5.99. The zero-order chi connectivity index (χ0) is 19.1. The molecular formula is C21H19N3O3. The lowest BCUT2D eigenvalue weighted by Gasteiger charge is -2.11. The van der Waals surface area contributed by atoms with Crippen LogP contribution in [0.4, 0.5) is 11.4 Å². The molecule has 6 nitrogen and oxygen atoms in total. The van der Waals surface area contributed by atoms with Crippen molar-refractivity contribution in [2.75, 3.05) is 0 Å². The van der Waals surface area contributed by atoms with E-state index in [-0.39, 0.29) is 5.69 Å². The molecule has 3 aromatic rings. The molecule has 0 aliphatic rings. The highest BCUT2D eigenvalue weighted by Crippen LogP contribution is 2.19. The van der Waals surface area contributed by atoms with Crippen LogP contribution in [-0.2, 0) is 11.4 Å². The van der Waals surface area contributed by atoms with Crippen LogP contribution in [0.15, 0.2) is 83.9 Å². The Hall–Kier alpha value is -3.51. The fourth-order valence-corrected chi connectivity index (χ4v) is 2.40. The largest absolute Gasteiger partial charge is 0.270 e. The maximum absolute atomic E-state index is 10.8. The molecule has 0 saturated heterocycles. The maximum Gasteiger partial charge on any atom is 0.269 e. The molecule has 0 heterocycles. The minimum Gasteiger partial charge on any atom is -0.270 e. The quantitative estimate of drug-likeness (QED) is 0.299. The average molecular weight is 361 g/mol. The predicted molar refractivity (Wildman–Crippen MR) is 105 cm³/mol. The summed E-state index contributed by atoms with van der Waals surface area (Å²) in [6, 6.07) is 23.7. The molecule has 0 unspecified atom stereocenters. The molecule has 0 saturated carbocycles. The molecule has 0 aliphatic heterocycles. The van der Waals surface area contributed by atoms with Gasteiger partial charge >= 0.3 is 0 Å². The Morgan fingerprint density at radius 3 is 2.30 bits per heavy atom. The van der Waals surface area contributed by atoms with Crippen molar-refractivity contribution in [3.05, 3.63) is 106 Å². The summed E-state index contributed by atoms with van der Waals surface area (Å²) in [7, 11) is 0. The first-order valence-electron chi connectivity index (χ1n) is 8.44. The molecule has 136 valence electrons. The number of nitro groups is 1. The first kappa shape index (κ1) is 18.3. The SMILES string of the molecule is Cc1ccc(C(=Nc2ccc([N+](=O)[O-])cc2)NOCc2ccccc2)cc1. The number of amidine groups is 1. The minimum atomic E-state index is -0.435. The summed E-state index contributed by atoms with van der Waals surface area (Å²) in [4.78, 5) is 20.5. The summed E-state index contributed by atoms with van der Waals surface area (Å²) in [6.07, 6.45) is 0. The molecule has 0 aromatic heterocycles. The average Bonchev–Trinajstić information content (AvgIpc) is 2.69. The summed E-state index contributed by atoms with van der Waals surface area (Å²) in [5, 5.41) is 10.8. The van der Waals surface area contributed by atoms with Crippen LogP contribution in [0.25, 0.3) is 0 Å². The van der Waals surface area contributed by atoms with Crippen LogP contribution in [0, 0.1) is 17.0 Å². The number of nitrogens with one attached hydrogen (secondary N) is 1. The van der Waals surface area contributed by atoms with E-state index in [9.17, 15) is 10.1 Å². The lowest BCUT2D eigenvalue weighted by molar-refractivity contribution is -0.384. The molecule has 1 N–H and O–H groups in total. The second kappa shape index (κ2) is 8.73. The highest BCUT2D eigenvalue weighted by atomic mass is 16.6. The Balaban J connectivity index is 1.80. The van der Waals surface area contributed by atoms with Gasteiger partial charge in [-0.2, -0.15) is 0 Å². The summed E-state index contributed by atoms with van der Waals surface area (Å²) >= 11 is 0. The number of nitro benzene ring substituents is 1. The van der Waals surface area contributed by atoms with E-state index in [2.05, 4.69) is 10.5 Å². The van der Waals surface area contributed by atoms with E-state index in [1.54, 1.807) is 12.1 Å². The first-order valence-corrected chi connectivity index (χ1v) is 8.44. The molecule has 0 aliphatic carbocycles. The molecule has 0 amide bonds. The summed E-state index contributed by atoms with van der Waals surface area (Å²) < 4.78 is 0. The van der Waals surface area contributed by atoms with Crippen LogP contribution in [0.3, 0.4) is 0 Å². The molecule has 0 atom stereocenters. The van der Waals surface area contributed by atoms with Gasteiger partial charge in [0.2, 0.25) is 0 Å². The van der Waals surface area contributed by atoms with Crippen LogP contribution in [0.1, 0.15) is 16.7 Å². The zero-order valence-electron chi connectivity index (χ0n) is 14.8. The monoisotopic (exact) mass is 361 g/mol. The van der Waals surface area contributed by atoms with Gasteiger partial charge in [0.05, 0.1) is 17.2 Å². The number of hydroxylamine groups is 1. The Labute approximate surface area is 157 Å². The molecular weight excluding hydrogens is 342 g/mol. The fourth-order valence-electron chi connectivity index (χ4n) is 2.40. The topological polar surface area (TPSA) is 76.8 Å². The van der Waals surface area contributed by atoms with Crippen molar-refractivity contribution in [3.63, 3.8) is 0 Å². The van der Waals surface area contributed by atoms with E-state index in [4.69, 9.17) is 4.84 Å². The molecule has 3 rings (SSSR count). The predicted octanol–water partition coefficient (Wildman–Crippen LogP) is 4.70. The number of non-ortho nitro benzene ring substituents is 1. The van der Waals surface area contributed by atoms with Crippen molar-refractivity contribution in [1.29, 1.82) is 0 Å². The van der Waals surface area contributed by atoms with Crippen molar-refractivity contribution in [3.8, 4) is 0 Å². The molecule has 3 aromatic carbocycles. The van der Waals surface area contributed by atoms with Gasteiger partial charge in [-0.05, 0) is 24.6 Å². The summed E-state index contributed by atoms with van der Waals surface area (Å²) in [5.41, 5.74) is 6.55. The first-order chi connectivity index (χ1) is 13.1. The van der Waals surface area contributed by atoms with E-state index < -0.39 is 4.92 Å². The Kier molecular flexibility index (Phi) is 5.91. The van der Waals surface area contributed by atoms with Crippen LogP contribution >= 0.6 is 0 Å². The number of hydrogen-bond acceptors (Lipinski definition) is 4. The standard InChI is InChI=1S/C21H19N3O3/c1-16-7-9-18(10-8-16)21(23-27-15-17-5-3-2-4-6-17)22-19-11-13-20(14-12-19)24(25)26/h2-14H,15H2,1H3,(H,22,23).